The third-order valence-electron chi connectivity index (χ3n) is 3.99. The Hall–Kier alpha value is -3.17. The first-order valence-corrected chi connectivity index (χ1v) is 9.27. The van der Waals surface area contributed by atoms with Crippen LogP contribution in [0.4, 0.5) is 0 Å². The predicted molar refractivity (Wildman–Crippen MR) is 104 cm³/mol. The van der Waals surface area contributed by atoms with E-state index in [9.17, 15) is 10.1 Å². The fourth-order valence-corrected chi connectivity index (χ4v) is 3.65. The fraction of sp³-hybridized carbons (Fsp3) is 0.190. The molecule has 5 nitrogen and oxygen atoms in total. The molecule has 0 atom stereocenters. The van der Waals surface area contributed by atoms with Crippen LogP contribution in [-0.2, 0) is 17.8 Å². The number of carbonyl (C=O) groups is 1. The minimum atomic E-state index is -0.390. The molecule has 1 heterocycles. The molecule has 0 aliphatic rings. The lowest BCUT2D eigenvalue weighted by Crippen LogP contribution is -2.01. The van der Waals surface area contributed by atoms with Crippen LogP contribution in [-0.4, -0.2) is 18.1 Å². The van der Waals surface area contributed by atoms with Gasteiger partial charge in [0.15, 0.2) is 0 Å². The van der Waals surface area contributed by atoms with Gasteiger partial charge < -0.3 is 9.47 Å². The van der Waals surface area contributed by atoms with Crippen molar-refractivity contribution in [2.75, 3.05) is 7.11 Å². The van der Waals surface area contributed by atoms with E-state index in [0.29, 0.717) is 39.9 Å². The summed E-state index contributed by atoms with van der Waals surface area (Å²) >= 11 is 1.27. The standard InChI is InChI=1S/C21H18N2O3S/c1-3-17-19(21(24)25-2)27-20(23-17)15-9-10-18(16(11-15)12-22)26-13-14-7-5-4-6-8-14/h4-11H,3,13H2,1-2H3. The van der Waals surface area contributed by atoms with E-state index in [0.717, 1.165) is 11.1 Å². The van der Waals surface area contributed by atoms with Crippen LogP contribution in [0, 0.1) is 11.3 Å². The van der Waals surface area contributed by atoms with Crippen molar-refractivity contribution in [3.63, 3.8) is 0 Å². The molecule has 0 saturated heterocycles. The van der Waals surface area contributed by atoms with Gasteiger partial charge in [0, 0.05) is 5.56 Å². The largest absolute Gasteiger partial charge is 0.488 e. The zero-order valence-corrected chi connectivity index (χ0v) is 15.9. The van der Waals surface area contributed by atoms with Gasteiger partial charge in [-0.1, -0.05) is 37.3 Å². The van der Waals surface area contributed by atoms with E-state index in [1.54, 1.807) is 12.1 Å². The van der Waals surface area contributed by atoms with E-state index < -0.39 is 0 Å². The van der Waals surface area contributed by atoms with Crippen molar-refractivity contribution >= 4 is 17.3 Å². The van der Waals surface area contributed by atoms with Crippen LogP contribution in [0.3, 0.4) is 0 Å². The SMILES string of the molecule is CCc1nc(-c2ccc(OCc3ccccc3)c(C#N)c2)sc1C(=O)OC. The summed E-state index contributed by atoms with van der Waals surface area (Å²) in [6.45, 7) is 2.32. The molecule has 3 aromatic rings. The molecule has 0 fully saturated rings. The second-order valence-electron chi connectivity index (χ2n) is 5.74. The lowest BCUT2D eigenvalue weighted by molar-refractivity contribution is 0.0605. The van der Waals surface area contributed by atoms with E-state index in [4.69, 9.17) is 9.47 Å². The number of carbonyl (C=O) groups excluding carboxylic acids is 1. The number of esters is 1. The van der Waals surface area contributed by atoms with E-state index in [-0.39, 0.29) is 5.97 Å². The van der Waals surface area contributed by atoms with Crippen LogP contribution in [0.2, 0.25) is 0 Å². The molecular weight excluding hydrogens is 360 g/mol. The molecule has 0 aliphatic carbocycles. The summed E-state index contributed by atoms with van der Waals surface area (Å²) in [4.78, 5) is 16.9. The fourth-order valence-electron chi connectivity index (χ4n) is 2.58. The molecule has 0 bridgehead atoms. The predicted octanol–water partition coefficient (Wildman–Crippen LogP) is 4.61. The summed E-state index contributed by atoms with van der Waals surface area (Å²) in [5.74, 6) is 0.129. The highest BCUT2D eigenvalue weighted by Crippen LogP contribution is 2.32. The highest BCUT2D eigenvalue weighted by atomic mass is 32.1. The Morgan fingerprint density at radius 3 is 2.67 bits per heavy atom. The Morgan fingerprint density at radius 2 is 2.00 bits per heavy atom. The first-order valence-electron chi connectivity index (χ1n) is 8.45. The molecule has 0 radical (unpaired) electrons. The van der Waals surface area contributed by atoms with E-state index in [1.165, 1.54) is 18.4 Å². The number of ether oxygens (including phenoxy) is 2. The Kier molecular flexibility index (Phi) is 5.84. The zero-order chi connectivity index (χ0) is 19.2. The van der Waals surface area contributed by atoms with Crippen LogP contribution < -0.4 is 4.74 Å². The summed E-state index contributed by atoms with van der Waals surface area (Å²) in [5, 5.41) is 10.2. The molecule has 27 heavy (non-hydrogen) atoms. The Morgan fingerprint density at radius 1 is 1.22 bits per heavy atom. The van der Waals surface area contributed by atoms with E-state index in [1.807, 2.05) is 43.3 Å². The number of nitriles is 1. The number of methoxy groups -OCH3 is 1. The third-order valence-corrected chi connectivity index (χ3v) is 5.11. The number of benzene rings is 2. The average Bonchev–Trinajstić information content (AvgIpc) is 3.16. The van der Waals surface area contributed by atoms with Crippen LogP contribution >= 0.6 is 11.3 Å². The van der Waals surface area contributed by atoms with Gasteiger partial charge in [-0.25, -0.2) is 9.78 Å². The first kappa shape index (κ1) is 18.6. The lowest BCUT2D eigenvalue weighted by atomic mass is 10.1. The maximum Gasteiger partial charge on any atom is 0.349 e. The molecule has 3 rings (SSSR count). The number of nitrogens with zero attached hydrogens (tertiary/aromatic N) is 2. The van der Waals surface area contributed by atoms with Gasteiger partial charge in [-0.15, -0.1) is 11.3 Å². The van der Waals surface area contributed by atoms with Gasteiger partial charge in [-0.05, 0) is 30.2 Å². The molecule has 6 heteroatoms. The molecule has 0 unspecified atom stereocenters. The van der Waals surface area contributed by atoms with Crippen molar-refractivity contribution in [1.29, 1.82) is 5.26 Å². The third kappa shape index (κ3) is 4.15. The van der Waals surface area contributed by atoms with Gasteiger partial charge in [0.05, 0.1) is 18.4 Å². The lowest BCUT2D eigenvalue weighted by Gasteiger charge is -2.09. The number of hydrogen-bond donors (Lipinski definition) is 0. The summed E-state index contributed by atoms with van der Waals surface area (Å²) in [5.41, 5.74) is 2.93. The highest BCUT2D eigenvalue weighted by molar-refractivity contribution is 7.17. The average molecular weight is 378 g/mol. The first-order chi connectivity index (χ1) is 13.2. The van der Waals surface area contributed by atoms with Gasteiger partial charge in [-0.2, -0.15) is 5.26 Å². The van der Waals surface area contributed by atoms with Crippen molar-refractivity contribution < 1.29 is 14.3 Å². The van der Waals surface area contributed by atoms with E-state index >= 15 is 0 Å². The second kappa shape index (κ2) is 8.47. The Bertz CT molecular complexity index is 990. The molecule has 0 saturated carbocycles. The summed E-state index contributed by atoms with van der Waals surface area (Å²) in [7, 11) is 1.35. The van der Waals surface area contributed by atoms with E-state index in [2.05, 4.69) is 11.1 Å². The monoisotopic (exact) mass is 378 g/mol. The Balaban J connectivity index is 1.87. The maximum absolute atomic E-state index is 11.9. The highest BCUT2D eigenvalue weighted by Gasteiger charge is 2.19. The molecule has 0 amide bonds. The summed E-state index contributed by atoms with van der Waals surface area (Å²) in [6, 6.07) is 17.3. The van der Waals surface area contributed by atoms with Crippen LogP contribution in [0.25, 0.3) is 10.6 Å². The minimum Gasteiger partial charge on any atom is -0.488 e. The van der Waals surface area contributed by atoms with Gasteiger partial charge in [0.1, 0.15) is 28.3 Å². The molecule has 0 N–H and O–H groups in total. The maximum atomic E-state index is 11.9. The second-order valence-corrected chi connectivity index (χ2v) is 6.74. The molecule has 0 aliphatic heterocycles. The van der Waals surface area contributed by atoms with Crippen LogP contribution in [0.5, 0.6) is 5.75 Å². The zero-order valence-electron chi connectivity index (χ0n) is 15.1. The van der Waals surface area contributed by atoms with Crippen molar-refractivity contribution in [2.24, 2.45) is 0 Å². The summed E-state index contributed by atoms with van der Waals surface area (Å²) < 4.78 is 10.6. The van der Waals surface area contributed by atoms with Gasteiger partial charge in [-0.3, -0.25) is 0 Å². The van der Waals surface area contributed by atoms with Gasteiger partial charge in [0.2, 0.25) is 0 Å². The minimum absolute atomic E-state index is 0.387. The number of rotatable bonds is 6. The van der Waals surface area contributed by atoms with Crippen LogP contribution in [0.1, 0.15) is 33.4 Å². The van der Waals surface area contributed by atoms with Crippen molar-refractivity contribution in [3.05, 3.63) is 70.2 Å². The molecule has 2 aromatic carbocycles. The van der Waals surface area contributed by atoms with Gasteiger partial charge in [0.25, 0.3) is 0 Å². The summed E-state index contributed by atoms with van der Waals surface area (Å²) in [6.07, 6.45) is 0.629. The Labute approximate surface area is 161 Å². The molecular formula is C21H18N2O3S. The number of thiazole rings is 1. The quantitative estimate of drug-likeness (QED) is 0.586. The number of aryl methyl sites for hydroxylation is 1. The van der Waals surface area contributed by atoms with Crippen molar-refractivity contribution in [2.45, 2.75) is 20.0 Å². The normalized spacial score (nSPS) is 10.3. The topological polar surface area (TPSA) is 72.2 Å². The van der Waals surface area contributed by atoms with Crippen molar-refractivity contribution in [1.82, 2.24) is 4.98 Å². The smallest absolute Gasteiger partial charge is 0.349 e. The number of aromatic nitrogens is 1. The molecule has 0 spiro atoms. The van der Waals surface area contributed by atoms with Crippen molar-refractivity contribution in [3.8, 4) is 22.4 Å². The molecule has 136 valence electrons. The van der Waals surface area contributed by atoms with Crippen LogP contribution in [0.15, 0.2) is 48.5 Å². The number of hydrogen-bond acceptors (Lipinski definition) is 6. The van der Waals surface area contributed by atoms with Gasteiger partial charge >= 0.3 is 5.97 Å². The molecule has 1 aromatic heterocycles.